The van der Waals surface area contributed by atoms with Crippen LogP contribution in [-0.2, 0) is 6.54 Å². The monoisotopic (exact) mass is 535 g/mol. The summed E-state index contributed by atoms with van der Waals surface area (Å²) >= 11 is 0. The molecule has 39 heavy (non-hydrogen) atoms. The minimum atomic E-state index is -0.0856. The fraction of sp³-hybridized carbons (Fsp3) is 0.600. The van der Waals surface area contributed by atoms with Crippen LogP contribution in [-0.4, -0.2) is 94.5 Å². The summed E-state index contributed by atoms with van der Waals surface area (Å²) in [4.78, 5) is 42.9. The van der Waals surface area contributed by atoms with Gasteiger partial charge < -0.3 is 20.0 Å². The molecule has 2 fully saturated rings. The molecule has 4 rings (SSSR count). The fourth-order valence-corrected chi connectivity index (χ4v) is 5.67. The number of nitrogens with one attached hydrogen (secondary N) is 1. The molecule has 2 aliphatic rings. The topological polar surface area (TPSA) is 84.9 Å². The second-order valence-electron chi connectivity index (χ2n) is 11.5. The number of anilines is 1. The number of carbonyl (C=O) groups excluding carboxylic acids is 2. The SMILES string of the molecule is CC(C)N(C)C(=O)c1cnc(N2C[C@@H](C)N(C(=O)NCCC3CCN(Cc4ccccc4)CC3)[C@@H](C)C2)nc1. The van der Waals surface area contributed by atoms with Gasteiger partial charge in [-0.15, -0.1) is 0 Å². The molecule has 212 valence electrons. The lowest BCUT2D eigenvalue weighted by Gasteiger charge is -2.44. The molecule has 1 aromatic heterocycles. The number of rotatable bonds is 8. The predicted octanol–water partition coefficient (Wildman–Crippen LogP) is 3.87. The van der Waals surface area contributed by atoms with E-state index in [-0.39, 0.29) is 30.1 Å². The Balaban J connectivity index is 1.20. The van der Waals surface area contributed by atoms with Gasteiger partial charge in [-0.1, -0.05) is 30.3 Å². The average Bonchev–Trinajstić information content (AvgIpc) is 2.93. The molecular formula is C30H45N7O2. The van der Waals surface area contributed by atoms with E-state index in [1.54, 1.807) is 24.3 Å². The zero-order valence-electron chi connectivity index (χ0n) is 24.2. The Morgan fingerprint density at radius 1 is 1.03 bits per heavy atom. The summed E-state index contributed by atoms with van der Waals surface area (Å²) in [5.41, 5.74) is 1.86. The highest BCUT2D eigenvalue weighted by Crippen LogP contribution is 2.23. The van der Waals surface area contributed by atoms with Gasteiger partial charge in [0.15, 0.2) is 0 Å². The summed E-state index contributed by atoms with van der Waals surface area (Å²) in [5, 5.41) is 3.19. The van der Waals surface area contributed by atoms with Gasteiger partial charge in [-0.05, 0) is 71.5 Å². The molecule has 1 aromatic carbocycles. The summed E-state index contributed by atoms with van der Waals surface area (Å²) in [7, 11) is 1.78. The third kappa shape index (κ3) is 7.47. The maximum Gasteiger partial charge on any atom is 0.318 e. The number of amides is 3. The van der Waals surface area contributed by atoms with Gasteiger partial charge in [0.1, 0.15) is 0 Å². The lowest BCUT2D eigenvalue weighted by molar-refractivity contribution is 0.0754. The van der Waals surface area contributed by atoms with Crippen LogP contribution in [0.2, 0.25) is 0 Å². The van der Waals surface area contributed by atoms with E-state index in [2.05, 4.69) is 69.3 Å². The highest BCUT2D eigenvalue weighted by Gasteiger charge is 2.34. The Morgan fingerprint density at radius 3 is 2.23 bits per heavy atom. The van der Waals surface area contributed by atoms with Gasteiger partial charge in [-0.3, -0.25) is 9.69 Å². The molecule has 2 aromatic rings. The highest BCUT2D eigenvalue weighted by atomic mass is 16.2. The molecule has 9 heteroatoms. The van der Waals surface area contributed by atoms with E-state index in [9.17, 15) is 9.59 Å². The van der Waals surface area contributed by atoms with Crippen molar-refractivity contribution >= 4 is 17.9 Å². The van der Waals surface area contributed by atoms with Crippen LogP contribution >= 0.6 is 0 Å². The van der Waals surface area contributed by atoms with E-state index in [1.807, 2.05) is 18.7 Å². The number of nitrogens with zero attached hydrogens (tertiary/aromatic N) is 6. The first-order chi connectivity index (χ1) is 18.7. The molecule has 0 bridgehead atoms. The number of piperazine rings is 1. The molecule has 0 radical (unpaired) electrons. The second-order valence-corrected chi connectivity index (χ2v) is 11.5. The first-order valence-corrected chi connectivity index (χ1v) is 14.4. The van der Waals surface area contributed by atoms with Crippen molar-refractivity contribution in [3.63, 3.8) is 0 Å². The van der Waals surface area contributed by atoms with Gasteiger partial charge in [0, 0.05) is 63.7 Å². The first-order valence-electron chi connectivity index (χ1n) is 14.4. The molecular weight excluding hydrogens is 490 g/mol. The van der Waals surface area contributed by atoms with E-state index >= 15 is 0 Å². The van der Waals surface area contributed by atoms with Crippen LogP contribution < -0.4 is 10.2 Å². The van der Waals surface area contributed by atoms with Gasteiger partial charge >= 0.3 is 6.03 Å². The van der Waals surface area contributed by atoms with Crippen molar-refractivity contribution in [3.8, 4) is 0 Å². The Hall–Kier alpha value is -3.20. The van der Waals surface area contributed by atoms with Gasteiger partial charge in [-0.25, -0.2) is 14.8 Å². The summed E-state index contributed by atoms with van der Waals surface area (Å²) in [6, 6.07) is 10.8. The maximum absolute atomic E-state index is 13.1. The van der Waals surface area contributed by atoms with E-state index in [4.69, 9.17) is 0 Å². The summed E-state index contributed by atoms with van der Waals surface area (Å²) < 4.78 is 0. The van der Waals surface area contributed by atoms with Crippen molar-refractivity contribution < 1.29 is 9.59 Å². The minimum Gasteiger partial charge on any atom is -0.339 e. The second kappa shape index (κ2) is 13.2. The predicted molar refractivity (Wildman–Crippen MR) is 155 cm³/mol. The molecule has 2 atom stereocenters. The normalized spacial score (nSPS) is 20.8. The third-order valence-corrected chi connectivity index (χ3v) is 8.20. The minimum absolute atomic E-state index is 0.00903. The largest absolute Gasteiger partial charge is 0.339 e. The highest BCUT2D eigenvalue weighted by molar-refractivity contribution is 5.93. The number of carbonyl (C=O) groups is 2. The Labute approximate surface area is 233 Å². The van der Waals surface area contributed by atoms with Crippen LogP contribution in [0.5, 0.6) is 0 Å². The molecule has 0 unspecified atom stereocenters. The van der Waals surface area contributed by atoms with Gasteiger partial charge in [0.25, 0.3) is 5.91 Å². The number of hydrogen-bond acceptors (Lipinski definition) is 6. The molecule has 0 aliphatic carbocycles. The molecule has 3 amide bonds. The molecule has 2 saturated heterocycles. The summed E-state index contributed by atoms with van der Waals surface area (Å²) in [6.07, 6.45) is 6.60. The summed E-state index contributed by atoms with van der Waals surface area (Å²) in [6.45, 7) is 13.4. The number of aromatic nitrogens is 2. The summed E-state index contributed by atoms with van der Waals surface area (Å²) in [5.74, 6) is 1.17. The van der Waals surface area contributed by atoms with Crippen molar-refractivity contribution in [3.05, 3.63) is 53.9 Å². The van der Waals surface area contributed by atoms with Crippen molar-refractivity contribution in [2.45, 2.75) is 71.6 Å². The Morgan fingerprint density at radius 2 is 1.64 bits per heavy atom. The van der Waals surface area contributed by atoms with Crippen molar-refractivity contribution in [2.75, 3.05) is 44.7 Å². The third-order valence-electron chi connectivity index (χ3n) is 8.20. The van der Waals surface area contributed by atoms with E-state index in [0.29, 0.717) is 37.1 Å². The van der Waals surface area contributed by atoms with Crippen molar-refractivity contribution in [2.24, 2.45) is 5.92 Å². The van der Waals surface area contributed by atoms with Gasteiger partial charge in [0.05, 0.1) is 5.56 Å². The number of hydrogen-bond donors (Lipinski definition) is 1. The number of benzene rings is 1. The Kier molecular flexibility index (Phi) is 9.78. The Bertz CT molecular complexity index is 1060. The van der Waals surface area contributed by atoms with E-state index < -0.39 is 0 Å². The molecule has 2 aliphatic heterocycles. The lowest BCUT2D eigenvalue weighted by atomic mass is 9.93. The van der Waals surface area contributed by atoms with Crippen LogP contribution in [0.25, 0.3) is 0 Å². The number of likely N-dealkylation sites (tertiary alicyclic amines) is 1. The average molecular weight is 536 g/mol. The van der Waals surface area contributed by atoms with Crippen LogP contribution in [0.15, 0.2) is 42.7 Å². The number of urea groups is 1. The quantitative estimate of drug-likeness (QED) is 0.553. The van der Waals surface area contributed by atoms with Crippen LogP contribution in [0.1, 0.15) is 62.9 Å². The zero-order chi connectivity index (χ0) is 27.9. The number of piperidine rings is 1. The van der Waals surface area contributed by atoms with Crippen molar-refractivity contribution in [1.82, 2.24) is 30.0 Å². The van der Waals surface area contributed by atoms with Gasteiger partial charge in [-0.2, -0.15) is 0 Å². The standard InChI is InChI=1S/C30H45N7O2/c1-22(2)34(5)28(38)27-17-32-29(33-18-27)36-19-23(3)37(24(4)20-36)30(39)31-14-11-25-12-15-35(16-13-25)21-26-9-7-6-8-10-26/h6-10,17-18,22-25H,11-16,19-21H2,1-5H3,(H,31,39)/t23-,24+. The fourth-order valence-electron chi connectivity index (χ4n) is 5.67. The zero-order valence-corrected chi connectivity index (χ0v) is 24.2. The first kappa shape index (κ1) is 28.8. The molecule has 3 heterocycles. The van der Waals surface area contributed by atoms with Gasteiger partial charge in [0.2, 0.25) is 5.95 Å². The smallest absolute Gasteiger partial charge is 0.318 e. The molecule has 9 nitrogen and oxygen atoms in total. The van der Waals surface area contributed by atoms with E-state index in [1.165, 1.54) is 18.4 Å². The molecule has 0 saturated carbocycles. The maximum atomic E-state index is 13.1. The van der Waals surface area contributed by atoms with Crippen molar-refractivity contribution in [1.29, 1.82) is 0 Å². The van der Waals surface area contributed by atoms with Crippen LogP contribution in [0, 0.1) is 5.92 Å². The molecule has 1 N–H and O–H groups in total. The molecule has 0 spiro atoms. The van der Waals surface area contributed by atoms with Crippen LogP contribution in [0.3, 0.4) is 0 Å². The lowest BCUT2D eigenvalue weighted by Crippen LogP contribution is -2.61. The van der Waals surface area contributed by atoms with Crippen LogP contribution in [0.4, 0.5) is 10.7 Å². The van der Waals surface area contributed by atoms with E-state index in [0.717, 1.165) is 26.1 Å².